The van der Waals surface area contributed by atoms with E-state index in [1.807, 2.05) is 55.5 Å². The molecule has 0 radical (unpaired) electrons. The summed E-state index contributed by atoms with van der Waals surface area (Å²) in [6, 6.07) is 12.3. The van der Waals surface area contributed by atoms with Gasteiger partial charge in [0.05, 0.1) is 36.6 Å². The van der Waals surface area contributed by atoms with Gasteiger partial charge in [-0.2, -0.15) is 0 Å². The second kappa shape index (κ2) is 11.3. The lowest BCUT2D eigenvalue weighted by molar-refractivity contribution is -0.139. The molecule has 2 heterocycles. The number of carbonyl (C=O) groups is 1. The Morgan fingerprint density at radius 1 is 1.14 bits per heavy atom. The van der Waals surface area contributed by atoms with Crippen molar-refractivity contribution in [1.82, 2.24) is 4.57 Å². The van der Waals surface area contributed by atoms with Crippen molar-refractivity contribution in [3.05, 3.63) is 89.0 Å². The topological polar surface area (TPSA) is 79.1 Å². The largest absolute Gasteiger partial charge is 0.497 e. The van der Waals surface area contributed by atoms with E-state index in [-0.39, 0.29) is 12.2 Å². The Bertz CT molecular complexity index is 1490. The molecular weight excluding hydrogens is 544 g/mol. The van der Waals surface area contributed by atoms with Crippen LogP contribution in [0.15, 0.2) is 68.0 Å². The van der Waals surface area contributed by atoms with Crippen LogP contribution in [0.25, 0.3) is 6.08 Å². The number of hydrogen-bond donors (Lipinski definition) is 0. The van der Waals surface area contributed by atoms with Crippen molar-refractivity contribution in [1.29, 1.82) is 0 Å². The summed E-state index contributed by atoms with van der Waals surface area (Å²) in [5, 5.41) is 0. The van der Waals surface area contributed by atoms with Crippen molar-refractivity contribution >= 4 is 39.3 Å². The van der Waals surface area contributed by atoms with Crippen LogP contribution < -0.4 is 24.4 Å². The van der Waals surface area contributed by atoms with Crippen LogP contribution in [0, 0.1) is 0 Å². The van der Waals surface area contributed by atoms with Gasteiger partial charge >= 0.3 is 5.97 Å². The van der Waals surface area contributed by atoms with E-state index in [0.717, 1.165) is 22.2 Å². The highest BCUT2D eigenvalue weighted by molar-refractivity contribution is 9.10. The van der Waals surface area contributed by atoms with E-state index >= 15 is 0 Å². The minimum Gasteiger partial charge on any atom is -0.497 e. The molecule has 0 amide bonds. The quantitative estimate of drug-likeness (QED) is 0.376. The minimum absolute atomic E-state index is 0.214. The van der Waals surface area contributed by atoms with E-state index in [4.69, 9.17) is 19.2 Å². The van der Waals surface area contributed by atoms with Gasteiger partial charge < -0.3 is 14.2 Å². The van der Waals surface area contributed by atoms with Crippen LogP contribution >= 0.6 is 27.3 Å². The zero-order valence-corrected chi connectivity index (χ0v) is 22.9. The van der Waals surface area contributed by atoms with E-state index in [9.17, 15) is 9.59 Å². The van der Waals surface area contributed by atoms with Crippen LogP contribution in [-0.4, -0.2) is 31.4 Å². The third-order valence-electron chi connectivity index (χ3n) is 5.79. The Labute approximate surface area is 221 Å². The number of esters is 1. The first-order valence-corrected chi connectivity index (χ1v) is 13.2. The van der Waals surface area contributed by atoms with E-state index in [2.05, 4.69) is 15.9 Å². The number of benzene rings is 2. The highest BCUT2D eigenvalue weighted by Gasteiger charge is 2.36. The smallest absolute Gasteiger partial charge is 0.338 e. The predicted molar refractivity (Wildman–Crippen MR) is 143 cm³/mol. The highest BCUT2D eigenvalue weighted by atomic mass is 79.9. The first-order valence-electron chi connectivity index (χ1n) is 11.6. The molecule has 0 unspecified atom stereocenters. The Morgan fingerprint density at radius 3 is 2.53 bits per heavy atom. The molecule has 188 valence electrons. The molecule has 1 aromatic heterocycles. The lowest BCUT2D eigenvalue weighted by Crippen LogP contribution is -2.40. The van der Waals surface area contributed by atoms with Crippen molar-refractivity contribution < 1.29 is 19.0 Å². The summed E-state index contributed by atoms with van der Waals surface area (Å²) < 4.78 is 19.2. The predicted octanol–water partition coefficient (Wildman–Crippen LogP) is 4.36. The monoisotopic (exact) mass is 570 g/mol. The first kappa shape index (κ1) is 25.9. The number of allylic oxidation sites excluding steroid dienone is 1. The molecular formula is C27H27BrN2O5S. The van der Waals surface area contributed by atoms with Gasteiger partial charge in [-0.15, -0.1) is 0 Å². The lowest BCUT2D eigenvalue weighted by atomic mass is 9.93. The van der Waals surface area contributed by atoms with Gasteiger partial charge in [0.15, 0.2) is 4.80 Å². The number of carbonyl (C=O) groups excluding carboxylic acids is 1. The molecule has 36 heavy (non-hydrogen) atoms. The third kappa shape index (κ3) is 5.03. The second-order valence-corrected chi connectivity index (χ2v) is 10.00. The molecule has 3 aromatic rings. The van der Waals surface area contributed by atoms with Crippen LogP contribution in [0.1, 0.15) is 43.9 Å². The maximum Gasteiger partial charge on any atom is 0.338 e. The van der Waals surface area contributed by atoms with Crippen molar-refractivity contribution in [2.75, 3.05) is 20.8 Å². The molecule has 4 rings (SSSR count). The Morgan fingerprint density at radius 2 is 1.89 bits per heavy atom. The summed E-state index contributed by atoms with van der Waals surface area (Å²) in [4.78, 5) is 32.5. The number of rotatable bonds is 8. The number of hydrogen-bond acceptors (Lipinski definition) is 7. The van der Waals surface area contributed by atoms with E-state index in [1.54, 1.807) is 25.7 Å². The zero-order chi connectivity index (χ0) is 25.8. The second-order valence-electron chi connectivity index (χ2n) is 8.07. The molecule has 0 spiro atoms. The summed E-state index contributed by atoms with van der Waals surface area (Å²) >= 11 is 4.83. The summed E-state index contributed by atoms with van der Waals surface area (Å²) in [5.74, 6) is 0.812. The van der Waals surface area contributed by atoms with Crippen LogP contribution in [0.4, 0.5) is 0 Å². The normalized spacial score (nSPS) is 15.4. The highest BCUT2D eigenvalue weighted by Crippen LogP contribution is 2.38. The number of fused-ring (bicyclic) bond motifs is 1. The Hall–Kier alpha value is -3.17. The summed E-state index contributed by atoms with van der Waals surface area (Å²) in [6.07, 6.45) is 3.18. The summed E-state index contributed by atoms with van der Waals surface area (Å²) in [7, 11) is 3.18. The number of ether oxygens (including phenoxy) is 3. The molecule has 0 fully saturated rings. The standard InChI is InChI=1S/C27H27BrN2O5S/c1-5-7-20-23(26(32)35-6-2)24(19-15-17(28)10-13-21(19)34-4)30-25(31)22(36-27(30)29-20)14-16-8-11-18(33-3)12-9-16/h8-15,24H,5-7H2,1-4H3/b22-14+/t24-/m0/s1. The zero-order valence-electron chi connectivity index (χ0n) is 20.5. The van der Waals surface area contributed by atoms with Gasteiger partial charge in [0.1, 0.15) is 17.5 Å². The fraction of sp³-hybridized carbons (Fsp3) is 0.296. The van der Waals surface area contributed by atoms with Crippen LogP contribution in [0.3, 0.4) is 0 Å². The lowest BCUT2D eigenvalue weighted by Gasteiger charge is -2.27. The molecule has 2 aromatic carbocycles. The molecule has 9 heteroatoms. The molecule has 1 aliphatic rings. The van der Waals surface area contributed by atoms with E-state index < -0.39 is 12.0 Å². The Kier molecular flexibility index (Phi) is 8.11. The van der Waals surface area contributed by atoms with E-state index in [1.165, 1.54) is 11.3 Å². The molecule has 0 N–H and O–H groups in total. The first-order chi connectivity index (χ1) is 17.4. The molecule has 7 nitrogen and oxygen atoms in total. The minimum atomic E-state index is -0.743. The van der Waals surface area contributed by atoms with Crippen LogP contribution in [0.5, 0.6) is 11.5 Å². The SMILES string of the molecule is CCCC1=C(C(=O)OCC)[C@H](c2cc(Br)ccc2OC)n2c(s/c(=C/c3ccc(OC)cc3)c2=O)=N1. The molecule has 0 saturated carbocycles. The van der Waals surface area contributed by atoms with Crippen molar-refractivity contribution in [2.45, 2.75) is 32.7 Å². The average molecular weight is 571 g/mol. The van der Waals surface area contributed by atoms with E-state index in [0.29, 0.717) is 38.3 Å². The maximum atomic E-state index is 13.8. The Balaban J connectivity index is 2.02. The van der Waals surface area contributed by atoms with Crippen molar-refractivity contribution in [3.8, 4) is 11.5 Å². The number of aromatic nitrogens is 1. The maximum absolute atomic E-state index is 13.8. The van der Waals surface area contributed by atoms with Gasteiger partial charge in [-0.05, 0) is 55.3 Å². The fourth-order valence-electron chi connectivity index (χ4n) is 4.19. The van der Waals surface area contributed by atoms with Gasteiger partial charge in [-0.3, -0.25) is 9.36 Å². The number of methoxy groups -OCH3 is 2. The van der Waals surface area contributed by atoms with Gasteiger partial charge in [-0.25, -0.2) is 9.79 Å². The number of halogens is 1. The summed E-state index contributed by atoms with van der Waals surface area (Å²) in [5.41, 5.74) is 2.28. The average Bonchev–Trinajstić information content (AvgIpc) is 3.18. The molecule has 0 bridgehead atoms. The van der Waals surface area contributed by atoms with Crippen LogP contribution in [-0.2, 0) is 9.53 Å². The molecule has 0 aliphatic carbocycles. The van der Waals surface area contributed by atoms with Gasteiger partial charge in [0, 0.05) is 10.0 Å². The van der Waals surface area contributed by atoms with Crippen molar-refractivity contribution in [3.63, 3.8) is 0 Å². The molecule has 1 atom stereocenters. The molecule has 1 aliphatic heterocycles. The molecule has 0 saturated heterocycles. The fourth-order valence-corrected chi connectivity index (χ4v) is 5.58. The van der Waals surface area contributed by atoms with Crippen molar-refractivity contribution in [2.24, 2.45) is 4.99 Å². The van der Waals surface area contributed by atoms with Gasteiger partial charge in [0.25, 0.3) is 5.56 Å². The van der Waals surface area contributed by atoms with Gasteiger partial charge in [0.2, 0.25) is 0 Å². The summed E-state index contributed by atoms with van der Waals surface area (Å²) in [6.45, 7) is 4.00. The number of thiazole rings is 1. The van der Waals surface area contributed by atoms with Crippen LogP contribution in [0.2, 0.25) is 0 Å². The third-order valence-corrected chi connectivity index (χ3v) is 7.27. The number of nitrogens with zero attached hydrogens (tertiary/aromatic N) is 2. The van der Waals surface area contributed by atoms with Gasteiger partial charge in [-0.1, -0.05) is 52.7 Å².